The van der Waals surface area contributed by atoms with E-state index in [2.05, 4.69) is 4.98 Å². The van der Waals surface area contributed by atoms with Gasteiger partial charge in [0.05, 0.1) is 18.2 Å². The van der Waals surface area contributed by atoms with Gasteiger partial charge in [-0.15, -0.1) is 11.3 Å². The number of benzene rings is 1. The highest BCUT2D eigenvalue weighted by Gasteiger charge is 2.14. The highest BCUT2D eigenvalue weighted by atomic mass is 32.1. The predicted octanol–water partition coefficient (Wildman–Crippen LogP) is 2.43. The number of rotatable bonds is 4. The molecule has 2 aromatic rings. The van der Waals surface area contributed by atoms with Crippen LogP contribution in [0.1, 0.15) is 16.7 Å². The van der Waals surface area contributed by atoms with Crippen LogP contribution in [-0.2, 0) is 6.42 Å². The molecule has 4 heteroatoms. The van der Waals surface area contributed by atoms with E-state index in [1.807, 2.05) is 29.6 Å². The molecule has 1 unspecified atom stereocenters. The number of hydrogen-bond donors (Lipinski definition) is 1. The number of ether oxygens (including phenoxy) is 1. The van der Waals surface area contributed by atoms with Crippen molar-refractivity contribution in [3.8, 4) is 5.75 Å². The number of aliphatic hydroxyl groups excluding tert-OH is 1. The van der Waals surface area contributed by atoms with Crippen LogP contribution < -0.4 is 4.74 Å². The Morgan fingerprint density at radius 3 is 2.94 bits per heavy atom. The number of nitrogens with zero attached hydrogens (tertiary/aromatic N) is 1. The highest BCUT2D eigenvalue weighted by Crippen LogP contribution is 2.27. The fourth-order valence-electron chi connectivity index (χ4n) is 1.57. The van der Waals surface area contributed by atoms with Crippen LogP contribution in [0.15, 0.2) is 35.8 Å². The molecule has 1 atom stereocenters. The molecule has 1 heterocycles. The van der Waals surface area contributed by atoms with Gasteiger partial charge in [-0.1, -0.05) is 18.2 Å². The second kappa shape index (κ2) is 5.09. The van der Waals surface area contributed by atoms with Crippen molar-refractivity contribution in [3.63, 3.8) is 0 Å². The third-order valence-electron chi connectivity index (χ3n) is 2.35. The Morgan fingerprint density at radius 1 is 1.44 bits per heavy atom. The van der Waals surface area contributed by atoms with E-state index in [1.54, 1.807) is 24.6 Å². The highest BCUT2D eigenvalue weighted by molar-refractivity contribution is 7.09. The predicted molar refractivity (Wildman–Crippen MR) is 63.8 cm³/mol. The van der Waals surface area contributed by atoms with Crippen LogP contribution in [0.25, 0.3) is 0 Å². The van der Waals surface area contributed by atoms with Crippen molar-refractivity contribution in [2.75, 3.05) is 7.11 Å². The molecule has 2 rings (SSSR count). The van der Waals surface area contributed by atoms with Crippen LogP contribution in [0.4, 0.5) is 0 Å². The fraction of sp³-hybridized carbons (Fsp3) is 0.250. The minimum atomic E-state index is -0.567. The van der Waals surface area contributed by atoms with E-state index in [1.165, 1.54) is 0 Å². The second-order valence-electron chi connectivity index (χ2n) is 3.39. The van der Waals surface area contributed by atoms with Gasteiger partial charge in [0.2, 0.25) is 0 Å². The third-order valence-corrected chi connectivity index (χ3v) is 3.15. The Kier molecular flexibility index (Phi) is 3.54. The van der Waals surface area contributed by atoms with Crippen molar-refractivity contribution in [1.82, 2.24) is 4.98 Å². The van der Waals surface area contributed by atoms with Gasteiger partial charge in [-0.25, -0.2) is 4.98 Å². The zero-order valence-corrected chi connectivity index (χ0v) is 9.78. The number of methoxy groups -OCH3 is 1. The maximum absolute atomic E-state index is 10.1. The van der Waals surface area contributed by atoms with Crippen LogP contribution >= 0.6 is 11.3 Å². The van der Waals surface area contributed by atoms with Gasteiger partial charge in [-0.2, -0.15) is 0 Å². The Bertz CT molecular complexity index is 442. The maximum atomic E-state index is 10.1. The zero-order chi connectivity index (χ0) is 11.4. The summed E-state index contributed by atoms with van der Waals surface area (Å²) in [5.41, 5.74) is 0.806. The van der Waals surface area contributed by atoms with Gasteiger partial charge < -0.3 is 9.84 Å². The van der Waals surface area contributed by atoms with Crippen LogP contribution in [0, 0.1) is 0 Å². The first-order valence-electron chi connectivity index (χ1n) is 5.00. The van der Waals surface area contributed by atoms with Crippen molar-refractivity contribution in [1.29, 1.82) is 0 Å². The summed E-state index contributed by atoms with van der Waals surface area (Å²) in [6.07, 6.45) is 1.70. The van der Waals surface area contributed by atoms with Crippen LogP contribution in [-0.4, -0.2) is 17.2 Å². The Hall–Kier alpha value is -1.39. The van der Waals surface area contributed by atoms with E-state index >= 15 is 0 Å². The average Bonchev–Trinajstić information content (AvgIpc) is 2.81. The maximum Gasteiger partial charge on any atom is 0.124 e. The van der Waals surface area contributed by atoms with E-state index in [4.69, 9.17) is 4.74 Å². The van der Waals surface area contributed by atoms with Gasteiger partial charge >= 0.3 is 0 Å². The second-order valence-corrected chi connectivity index (χ2v) is 4.37. The first kappa shape index (κ1) is 11.1. The van der Waals surface area contributed by atoms with Gasteiger partial charge in [0, 0.05) is 23.6 Å². The molecule has 3 nitrogen and oxygen atoms in total. The molecular formula is C12H13NO2S. The molecule has 0 radical (unpaired) electrons. The molecule has 84 valence electrons. The summed E-state index contributed by atoms with van der Waals surface area (Å²) in [6, 6.07) is 7.50. The third kappa shape index (κ3) is 2.40. The fourth-order valence-corrected chi connectivity index (χ4v) is 2.23. The van der Waals surface area contributed by atoms with Crippen molar-refractivity contribution in [2.24, 2.45) is 0 Å². The Balaban J connectivity index is 2.17. The van der Waals surface area contributed by atoms with Gasteiger partial charge in [0.25, 0.3) is 0 Å². The average molecular weight is 235 g/mol. The molecule has 0 bridgehead atoms. The topological polar surface area (TPSA) is 42.4 Å². The van der Waals surface area contributed by atoms with Crippen molar-refractivity contribution in [3.05, 3.63) is 46.4 Å². The number of thiazole rings is 1. The number of para-hydroxylation sites is 1. The van der Waals surface area contributed by atoms with E-state index in [-0.39, 0.29) is 0 Å². The van der Waals surface area contributed by atoms with Gasteiger partial charge in [-0.05, 0) is 6.07 Å². The van der Waals surface area contributed by atoms with Crippen molar-refractivity contribution in [2.45, 2.75) is 12.5 Å². The normalized spacial score (nSPS) is 12.4. The molecule has 1 aromatic heterocycles. The molecule has 16 heavy (non-hydrogen) atoms. The lowest BCUT2D eigenvalue weighted by Crippen LogP contribution is -2.03. The molecule has 0 fully saturated rings. The molecule has 0 amide bonds. The van der Waals surface area contributed by atoms with Gasteiger partial charge in [0.1, 0.15) is 5.75 Å². The van der Waals surface area contributed by atoms with Crippen LogP contribution in [0.5, 0.6) is 5.75 Å². The lowest BCUT2D eigenvalue weighted by atomic mass is 10.1. The summed E-state index contributed by atoms with van der Waals surface area (Å²) in [6.45, 7) is 0. The lowest BCUT2D eigenvalue weighted by molar-refractivity contribution is 0.174. The molecule has 0 saturated heterocycles. The summed E-state index contributed by atoms with van der Waals surface area (Å²) in [4.78, 5) is 4.15. The SMILES string of the molecule is COc1ccccc1C(O)Cc1nccs1. The minimum Gasteiger partial charge on any atom is -0.496 e. The molecular weight excluding hydrogens is 222 g/mol. The van der Waals surface area contributed by atoms with Gasteiger partial charge in [0.15, 0.2) is 0 Å². The van der Waals surface area contributed by atoms with Crippen LogP contribution in [0.2, 0.25) is 0 Å². The summed E-state index contributed by atoms with van der Waals surface area (Å²) in [5, 5.41) is 12.9. The van der Waals surface area contributed by atoms with Crippen molar-refractivity contribution < 1.29 is 9.84 Å². The van der Waals surface area contributed by atoms with E-state index in [9.17, 15) is 5.11 Å². The number of aromatic nitrogens is 1. The molecule has 0 aliphatic heterocycles. The summed E-state index contributed by atoms with van der Waals surface area (Å²) < 4.78 is 5.21. The summed E-state index contributed by atoms with van der Waals surface area (Å²) >= 11 is 1.55. The largest absolute Gasteiger partial charge is 0.496 e. The molecule has 0 saturated carbocycles. The smallest absolute Gasteiger partial charge is 0.124 e. The first-order valence-corrected chi connectivity index (χ1v) is 5.88. The quantitative estimate of drug-likeness (QED) is 0.885. The first-order chi connectivity index (χ1) is 7.81. The van der Waals surface area contributed by atoms with E-state index in [0.29, 0.717) is 12.2 Å². The van der Waals surface area contributed by atoms with Crippen molar-refractivity contribution >= 4 is 11.3 Å². The summed E-state index contributed by atoms with van der Waals surface area (Å²) in [5.74, 6) is 0.714. The molecule has 1 aromatic carbocycles. The molecule has 0 aliphatic rings. The van der Waals surface area contributed by atoms with Gasteiger partial charge in [-0.3, -0.25) is 0 Å². The van der Waals surface area contributed by atoms with E-state index in [0.717, 1.165) is 10.6 Å². The Labute approximate surface area is 98.4 Å². The molecule has 0 aliphatic carbocycles. The minimum absolute atomic E-state index is 0.526. The summed E-state index contributed by atoms with van der Waals surface area (Å²) in [7, 11) is 1.61. The lowest BCUT2D eigenvalue weighted by Gasteiger charge is -2.13. The number of hydrogen-bond acceptors (Lipinski definition) is 4. The standard InChI is InChI=1S/C12H13NO2S/c1-15-11-5-3-2-4-9(11)10(14)8-12-13-6-7-16-12/h2-7,10,14H,8H2,1H3. The Morgan fingerprint density at radius 2 is 2.25 bits per heavy atom. The van der Waals surface area contributed by atoms with Crippen LogP contribution in [0.3, 0.4) is 0 Å². The zero-order valence-electron chi connectivity index (χ0n) is 8.96. The number of aliphatic hydroxyl groups is 1. The molecule has 0 spiro atoms. The molecule has 1 N–H and O–H groups in total. The van der Waals surface area contributed by atoms with E-state index < -0.39 is 6.10 Å². The monoisotopic (exact) mass is 235 g/mol.